The van der Waals surface area contributed by atoms with E-state index in [2.05, 4.69) is 25.4 Å². The molecule has 1 saturated heterocycles. The second-order valence-electron chi connectivity index (χ2n) is 7.42. The Hall–Kier alpha value is -1.76. The highest BCUT2D eigenvalue weighted by Gasteiger charge is 2.34. The van der Waals surface area contributed by atoms with E-state index in [0.29, 0.717) is 38.2 Å². The largest absolute Gasteiger partial charge is 0.491 e. The maximum atomic E-state index is 13.0. The van der Waals surface area contributed by atoms with Crippen LogP contribution in [0.15, 0.2) is 29.3 Å². The first-order valence-corrected chi connectivity index (χ1v) is 10.1. The normalized spacial score (nSPS) is 17.7. The van der Waals surface area contributed by atoms with Gasteiger partial charge in [0.2, 0.25) is 5.91 Å². The Morgan fingerprint density at radius 2 is 1.87 bits per heavy atom. The number of benzene rings is 1. The van der Waals surface area contributed by atoms with Crippen LogP contribution in [0.25, 0.3) is 0 Å². The molecule has 11 heteroatoms. The summed E-state index contributed by atoms with van der Waals surface area (Å²) in [5, 5.41) is 6.12. The number of carbonyl (C=O) groups is 1. The number of carbonyl (C=O) groups excluding carboxylic acids is 1. The van der Waals surface area contributed by atoms with Crippen molar-refractivity contribution >= 4 is 35.8 Å². The van der Waals surface area contributed by atoms with E-state index in [4.69, 9.17) is 4.74 Å². The lowest BCUT2D eigenvalue weighted by Crippen LogP contribution is -2.54. The van der Waals surface area contributed by atoms with Crippen molar-refractivity contribution in [2.75, 3.05) is 52.9 Å². The quantitative estimate of drug-likeness (QED) is 0.234. The van der Waals surface area contributed by atoms with Crippen LogP contribution in [-0.2, 0) is 11.0 Å². The Labute approximate surface area is 197 Å². The average Bonchev–Trinajstić information content (AvgIpc) is 3.52. The molecule has 0 aromatic heterocycles. The number of rotatable bonds is 7. The number of alkyl halides is 3. The SMILES string of the molecule is CN=C(NCCOc1ccccc1C(F)(F)F)N1CCN(CC(=O)NC2CC2)CC1.I. The molecular weight excluding hydrogens is 526 g/mol. The summed E-state index contributed by atoms with van der Waals surface area (Å²) >= 11 is 0. The van der Waals surface area contributed by atoms with Crippen molar-refractivity contribution in [2.45, 2.75) is 25.1 Å². The third kappa shape index (κ3) is 8.02. The first-order valence-electron chi connectivity index (χ1n) is 10.1. The second kappa shape index (κ2) is 11.7. The van der Waals surface area contributed by atoms with Gasteiger partial charge >= 0.3 is 6.18 Å². The minimum absolute atomic E-state index is 0. The van der Waals surface area contributed by atoms with Crippen LogP contribution < -0.4 is 15.4 Å². The van der Waals surface area contributed by atoms with Crippen molar-refractivity contribution in [3.63, 3.8) is 0 Å². The number of ether oxygens (including phenoxy) is 1. The summed E-state index contributed by atoms with van der Waals surface area (Å²) in [7, 11) is 1.66. The smallest absolute Gasteiger partial charge is 0.419 e. The van der Waals surface area contributed by atoms with E-state index in [9.17, 15) is 18.0 Å². The van der Waals surface area contributed by atoms with Crippen LogP contribution in [0, 0.1) is 0 Å². The molecule has 1 amide bonds. The predicted molar refractivity (Wildman–Crippen MR) is 123 cm³/mol. The zero-order valence-corrected chi connectivity index (χ0v) is 19.8. The van der Waals surface area contributed by atoms with E-state index < -0.39 is 11.7 Å². The third-order valence-corrected chi connectivity index (χ3v) is 5.03. The van der Waals surface area contributed by atoms with Gasteiger partial charge in [0.15, 0.2) is 5.96 Å². The van der Waals surface area contributed by atoms with E-state index >= 15 is 0 Å². The molecule has 1 aromatic rings. The van der Waals surface area contributed by atoms with Crippen LogP contribution in [-0.4, -0.2) is 80.6 Å². The number of halogens is 4. The molecule has 0 atom stereocenters. The van der Waals surface area contributed by atoms with Crippen molar-refractivity contribution in [1.29, 1.82) is 0 Å². The first kappa shape index (κ1) is 25.5. The number of hydrogen-bond acceptors (Lipinski definition) is 4. The molecule has 1 aliphatic heterocycles. The van der Waals surface area contributed by atoms with E-state index in [1.807, 2.05) is 0 Å². The molecule has 31 heavy (non-hydrogen) atoms. The van der Waals surface area contributed by atoms with Crippen molar-refractivity contribution in [2.24, 2.45) is 4.99 Å². The number of nitrogens with zero attached hydrogens (tertiary/aromatic N) is 3. The fraction of sp³-hybridized carbons (Fsp3) is 0.600. The predicted octanol–water partition coefficient (Wildman–Crippen LogP) is 2.17. The minimum Gasteiger partial charge on any atom is -0.491 e. The summed E-state index contributed by atoms with van der Waals surface area (Å²) in [5.41, 5.74) is -0.781. The van der Waals surface area contributed by atoms with E-state index in [1.165, 1.54) is 18.2 Å². The van der Waals surface area contributed by atoms with Crippen LogP contribution >= 0.6 is 24.0 Å². The molecule has 0 spiro atoms. The molecule has 7 nitrogen and oxygen atoms in total. The topological polar surface area (TPSA) is 69.2 Å². The van der Waals surface area contributed by atoms with Gasteiger partial charge in [-0.1, -0.05) is 12.1 Å². The van der Waals surface area contributed by atoms with Crippen molar-refractivity contribution in [1.82, 2.24) is 20.4 Å². The Morgan fingerprint density at radius 3 is 2.48 bits per heavy atom. The summed E-state index contributed by atoms with van der Waals surface area (Å²) < 4.78 is 44.4. The van der Waals surface area contributed by atoms with Gasteiger partial charge in [0.25, 0.3) is 0 Å². The van der Waals surface area contributed by atoms with E-state index in [0.717, 1.165) is 32.0 Å². The number of para-hydroxylation sites is 1. The molecule has 1 aliphatic carbocycles. The molecule has 0 radical (unpaired) electrons. The van der Waals surface area contributed by atoms with Crippen LogP contribution in [0.1, 0.15) is 18.4 Å². The zero-order valence-electron chi connectivity index (χ0n) is 17.5. The number of nitrogens with one attached hydrogen (secondary N) is 2. The standard InChI is InChI=1S/C20H28F3N5O2.HI/c1-24-19(25-8-13-30-17-5-3-2-4-16(17)20(21,22)23)28-11-9-27(10-12-28)14-18(29)26-15-6-7-15;/h2-5,15H,6-14H2,1H3,(H,24,25)(H,26,29);1H. The Morgan fingerprint density at radius 1 is 1.19 bits per heavy atom. The Kier molecular flexibility index (Phi) is 9.66. The number of piperazine rings is 1. The van der Waals surface area contributed by atoms with Gasteiger partial charge in [-0.25, -0.2) is 0 Å². The van der Waals surface area contributed by atoms with Gasteiger partial charge in [-0.05, 0) is 25.0 Å². The zero-order chi connectivity index (χ0) is 21.6. The van der Waals surface area contributed by atoms with E-state index in [1.54, 1.807) is 7.05 Å². The molecule has 1 aromatic carbocycles. The molecule has 2 aliphatic rings. The van der Waals surface area contributed by atoms with Crippen LogP contribution in [0.4, 0.5) is 13.2 Å². The average molecular weight is 555 g/mol. The van der Waals surface area contributed by atoms with Gasteiger partial charge in [-0.3, -0.25) is 14.7 Å². The van der Waals surface area contributed by atoms with Gasteiger partial charge in [-0.15, -0.1) is 24.0 Å². The van der Waals surface area contributed by atoms with Gasteiger partial charge in [0, 0.05) is 39.3 Å². The van der Waals surface area contributed by atoms with Crippen LogP contribution in [0.3, 0.4) is 0 Å². The number of guanidine groups is 1. The minimum atomic E-state index is -4.45. The fourth-order valence-corrected chi connectivity index (χ4v) is 3.30. The number of aliphatic imine (C=N–C) groups is 1. The highest BCUT2D eigenvalue weighted by atomic mass is 127. The molecule has 2 fully saturated rings. The van der Waals surface area contributed by atoms with Crippen LogP contribution in [0.5, 0.6) is 5.75 Å². The molecule has 0 bridgehead atoms. The lowest BCUT2D eigenvalue weighted by atomic mass is 10.2. The van der Waals surface area contributed by atoms with Gasteiger partial charge in [-0.2, -0.15) is 13.2 Å². The highest BCUT2D eigenvalue weighted by Crippen LogP contribution is 2.35. The lowest BCUT2D eigenvalue weighted by Gasteiger charge is -2.36. The molecule has 1 saturated carbocycles. The first-order chi connectivity index (χ1) is 14.4. The number of amides is 1. The maximum Gasteiger partial charge on any atom is 0.419 e. The Balaban J connectivity index is 0.00000341. The molecule has 0 unspecified atom stereocenters. The monoisotopic (exact) mass is 555 g/mol. The van der Waals surface area contributed by atoms with Gasteiger partial charge < -0.3 is 20.3 Å². The molecule has 2 N–H and O–H groups in total. The summed E-state index contributed by atoms with van der Waals surface area (Å²) in [6.07, 6.45) is -2.30. The maximum absolute atomic E-state index is 13.0. The number of hydrogen-bond donors (Lipinski definition) is 2. The fourth-order valence-electron chi connectivity index (χ4n) is 3.30. The lowest BCUT2D eigenvalue weighted by molar-refractivity contribution is -0.139. The third-order valence-electron chi connectivity index (χ3n) is 5.03. The van der Waals surface area contributed by atoms with Crippen molar-refractivity contribution in [3.8, 4) is 5.75 Å². The molecular formula is C20H29F3IN5O2. The summed E-state index contributed by atoms with van der Waals surface area (Å²) in [6.45, 7) is 3.73. The van der Waals surface area contributed by atoms with Gasteiger partial charge in [0.1, 0.15) is 12.4 Å². The summed E-state index contributed by atoms with van der Waals surface area (Å²) in [4.78, 5) is 20.3. The Bertz CT molecular complexity index is 751. The summed E-state index contributed by atoms with van der Waals surface area (Å²) in [6, 6.07) is 5.54. The van der Waals surface area contributed by atoms with Crippen molar-refractivity contribution < 1.29 is 22.7 Å². The molecule has 174 valence electrons. The second-order valence-corrected chi connectivity index (χ2v) is 7.42. The van der Waals surface area contributed by atoms with Crippen LogP contribution in [0.2, 0.25) is 0 Å². The van der Waals surface area contributed by atoms with Crippen molar-refractivity contribution in [3.05, 3.63) is 29.8 Å². The molecule has 3 rings (SSSR count). The van der Waals surface area contributed by atoms with E-state index in [-0.39, 0.29) is 42.2 Å². The highest BCUT2D eigenvalue weighted by molar-refractivity contribution is 14.0. The molecule has 1 heterocycles. The summed E-state index contributed by atoms with van der Waals surface area (Å²) in [5.74, 6) is 0.564. The van der Waals surface area contributed by atoms with Gasteiger partial charge in [0.05, 0.1) is 18.7 Å².